The van der Waals surface area contributed by atoms with Crippen molar-refractivity contribution in [3.05, 3.63) is 11.4 Å². The topological polar surface area (TPSA) is 61.0 Å². The summed E-state index contributed by atoms with van der Waals surface area (Å²) in [5.41, 5.74) is 6.18. The Balaban J connectivity index is 2.06. The highest BCUT2D eigenvalue weighted by atomic mass is 19.4. The zero-order chi connectivity index (χ0) is 13.3. The van der Waals surface area contributed by atoms with Gasteiger partial charge in [0.1, 0.15) is 11.6 Å². The first-order valence-corrected chi connectivity index (χ1v) is 5.70. The van der Waals surface area contributed by atoms with E-state index in [1.807, 2.05) is 0 Å². The first-order valence-electron chi connectivity index (χ1n) is 5.70. The molecule has 100 valence electrons. The summed E-state index contributed by atoms with van der Waals surface area (Å²) in [5, 5.41) is 0. The molecule has 2 rings (SSSR count). The summed E-state index contributed by atoms with van der Waals surface area (Å²) in [6, 6.07) is 0. The van der Waals surface area contributed by atoms with E-state index in [9.17, 15) is 13.2 Å². The van der Waals surface area contributed by atoms with Crippen molar-refractivity contribution in [2.75, 3.05) is 12.3 Å². The minimum Gasteiger partial charge on any atom is -0.477 e. The zero-order valence-electron chi connectivity index (χ0n) is 9.92. The minimum atomic E-state index is -4.23. The molecule has 1 aromatic rings. The van der Waals surface area contributed by atoms with Crippen molar-refractivity contribution in [3.8, 4) is 5.88 Å². The number of anilines is 1. The van der Waals surface area contributed by atoms with Gasteiger partial charge in [0.05, 0.1) is 18.6 Å². The van der Waals surface area contributed by atoms with Crippen LogP contribution in [0.4, 0.5) is 19.0 Å². The fourth-order valence-corrected chi connectivity index (χ4v) is 1.46. The molecule has 0 unspecified atom stereocenters. The summed E-state index contributed by atoms with van der Waals surface area (Å²) >= 11 is 0. The number of ether oxygens (including phenoxy) is 1. The lowest BCUT2D eigenvalue weighted by Gasteiger charge is -2.12. The van der Waals surface area contributed by atoms with Crippen LogP contribution in [0.5, 0.6) is 5.88 Å². The van der Waals surface area contributed by atoms with E-state index in [0.29, 0.717) is 11.4 Å². The van der Waals surface area contributed by atoms with Gasteiger partial charge in [-0.2, -0.15) is 18.2 Å². The van der Waals surface area contributed by atoms with Crippen LogP contribution in [0.2, 0.25) is 0 Å². The normalized spacial score (nSPS) is 15.8. The molecule has 0 amide bonds. The predicted molar refractivity (Wildman–Crippen MR) is 59.3 cm³/mol. The van der Waals surface area contributed by atoms with Gasteiger partial charge in [0.25, 0.3) is 0 Å². The van der Waals surface area contributed by atoms with Crippen LogP contribution in [-0.2, 0) is 0 Å². The van der Waals surface area contributed by atoms with Crippen LogP contribution in [-0.4, -0.2) is 22.8 Å². The molecule has 18 heavy (non-hydrogen) atoms. The number of alkyl halides is 3. The summed E-state index contributed by atoms with van der Waals surface area (Å²) in [4.78, 5) is 8.25. The zero-order valence-corrected chi connectivity index (χ0v) is 9.92. The molecule has 1 aliphatic rings. The van der Waals surface area contributed by atoms with Gasteiger partial charge in [-0.3, -0.25) is 0 Å². The number of aromatic nitrogens is 2. The van der Waals surface area contributed by atoms with Gasteiger partial charge < -0.3 is 10.5 Å². The van der Waals surface area contributed by atoms with Gasteiger partial charge in [-0.05, 0) is 19.8 Å². The van der Waals surface area contributed by atoms with Crippen LogP contribution in [0, 0.1) is 6.92 Å². The van der Waals surface area contributed by atoms with Crippen molar-refractivity contribution in [3.63, 3.8) is 0 Å². The highest BCUT2D eigenvalue weighted by molar-refractivity contribution is 5.45. The standard InChI is InChI=1S/C11H14F3N3O/c1-6-8(15)16-9(7-2-3-7)17-10(6)18-5-4-11(12,13)14/h7H,2-5H2,1H3,(H2,15,16,17). The largest absolute Gasteiger partial charge is 0.477 e. The van der Waals surface area contributed by atoms with Crippen LogP contribution in [0.15, 0.2) is 0 Å². The number of hydrogen-bond acceptors (Lipinski definition) is 4. The second-order valence-electron chi connectivity index (χ2n) is 4.39. The number of halogens is 3. The highest BCUT2D eigenvalue weighted by Gasteiger charge is 2.29. The summed E-state index contributed by atoms with van der Waals surface area (Å²) in [6.07, 6.45) is -3.25. The summed E-state index contributed by atoms with van der Waals surface area (Å²) in [5.74, 6) is 1.28. The Hall–Kier alpha value is -1.53. The molecule has 4 nitrogen and oxygen atoms in total. The first kappa shape index (κ1) is 12.9. The predicted octanol–water partition coefficient (Wildman–Crippen LogP) is 2.58. The molecule has 0 saturated heterocycles. The summed E-state index contributed by atoms with van der Waals surface area (Å²) < 4.78 is 41.1. The van der Waals surface area contributed by atoms with E-state index in [4.69, 9.17) is 10.5 Å². The fourth-order valence-electron chi connectivity index (χ4n) is 1.46. The van der Waals surface area contributed by atoms with Crippen molar-refractivity contribution >= 4 is 5.82 Å². The van der Waals surface area contributed by atoms with Gasteiger partial charge in [0.15, 0.2) is 0 Å². The summed E-state index contributed by atoms with van der Waals surface area (Å²) in [6.45, 7) is 1.18. The maximum Gasteiger partial charge on any atom is 0.392 e. The van der Waals surface area contributed by atoms with Crippen LogP contribution in [0.3, 0.4) is 0 Å². The molecule has 7 heteroatoms. The third-order valence-corrected chi connectivity index (χ3v) is 2.72. The van der Waals surface area contributed by atoms with E-state index in [2.05, 4.69) is 9.97 Å². The van der Waals surface area contributed by atoms with Gasteiger partial charge in [-0.1, -0.05) is 0 Å². The highest BCUT2D eigenvalue weighted by Crippen LogP contribution is 2.39. The first-order chi connectivity index (χ1) is 8.37. The second-order valence-corrected chi connectivity index (χ2v) is 4.39. The molecular weight excluding hydrogens is 247 g/mol. The van der Waals surface area contributed by atoms with Crippen molar-refractivity contribution in [1.82, 2.24) is 9.97 Å². The lowest BCUT2D eigenvalue weighted by molar-refractivity contribution is -0.139. The SMILES string of the molecule is Cc1c(N)nc(C2CC2)nc1OCCC(F)(F)F. The summed E-state index contributed by atoms with van der Waals surface area (Å²) in [7, 11) is 0. The molecule has 1 heterocycles. The van der Waals surface area contributed by atoms with Gasteiger partial charge in [0.2, 0.25) is 5.88 Å². The van der Waals surface area contributed by atoms with Crippen molar-refractivity contribution in [2.45, 2.75) is 38.3 Å². The van der Waals surface area contributed by atoms with E-state index < -0.39 is 19.2 Å². The van der Waals surface area contributed by atoms with Crippen LogP contribution in [0.1, 0.15) is 36.6 Å². The average Bonchev–Trinajstić information content (AvgIpc) is 3.05. The molecule has 0 atom stereocenters. The lowest BCUT2D eigenvalue weighted by atomic mass is 10.3. The molecule has 0 bridgehead atoms. The molecule has 0 radical (unpaired) electrons. The Morgan fingerprint density at radius 2 is 2.00 bits per heavy atom. The van der Waals surface area contributed by atoms with Gasteiger partial charge >= 0.3 is 6.18 Å². The third-order valence-electron chi connectivity index (χ3n) is 2.72. The molecule has 1 fully saturated rings. The number of nitrogens with zero attached hydrogens (tertiary/aromatic N) is 2. The van der Waals surface area contributed by atoms with E-state index in [1.165, 1.54) is 0 Å². The van der Waals surface area contributed by atoms with E-state index >= 15 is 0 Å². The molecule has 1 aromatic heterocycles. The Morgan fingerprint density at radius 3 is 2.56 bits per heavy atom. The third kappa shape index (κ3) is 3.24. The monoisotopic (exact) mass is 261 g/mol. The average molecular weight is 261 g/mol. The minimum absolute atomic E-state index is 0.161. The van der Waals surface area contributed by atoms with Crippen molar-refractivity contribution in [1.29, 1.82) is 0 Å². The molecule has 1 aliphatic carbocycles. The maximum atomic E-state index is 12.0. The van der Waals surface area contributed by atoms with Crippen LogP contribution < -0.4 is 10.5 Å². The molecule has 0 spiro atoms. The quantitative estimate of drug-likeness (QED) is 0.904. The molecule has 0 aromatic carbocycles. The van der Waals surface area contributed by atoms with Gasteiger partial charge in [0, 0.05) is 5.92 Å². The van der Waals surface area contributed by atoms with E-state index in [1.54, 1.807) is 6.92 Å². The number of rotatable bonds is 4. The smallest absolute Gasteiger partial charge is 0.392 e. The van der Waals surface area contributed by atoms with Crippen molar-refractivity contribution < 1.29 is 17.9 Å². The van der Waals surface area contributed by atoms with E-state index in [-0.39, 0.29) is 17.6 Å². The number of hydrogen-bond donors (Lipinski definition) is 1. The molecule has 1 saturated carbocycles. The second kappa shape index (κ2) is 4.62. The van der Waals surface area contributed by atoms with Crippen molar-refractivity contribution in [2.24, 2.45) is 0 Å². The van der Waals surface area contributed by atoms with Gasteiger partial charge in [-0.15, -0.1) is 0 Å². The Morgan fingerprint density at radius 1 is 1.33 bits per heavy atom. The lowest BCUT2D eigenvalue weighted by Crippen LogP contribution is -2.14. The van der Waals surface area contributed by atoms with Crippen LogP contribution in [0.25, 0.3) is 0 Å². The number of nitrogens with two attached hydrogens (primary N) is 1. The fraction of sp³-hybridized carbons (Fsp3) is 0.636. The Labute approximate surface area is 102 Å². The Bertz CT molecular complexity index is 444. The van der Waals surface area contributed by atoms with E-state index in [0.717, 1.165) is 12.8 Å². The van der Waals surface area contributed by atoms with Crippen LogP contribution >= 0.6 is 0 Å². The number of nitrogen functional groups attached to an aromatic ring is 1. The maximum absolute atomic E-state index is 12.0. The Kier molecular flexibility index (Phi) is 3.32. The molecule has 0 aliphatic heterocycles. The molecular formula is C11H14F3N3O. The molecule has 2 N–H and O–H groups in total. The van der Waals surface area contributed by atoms with Gasteiger partial charge in [-0.25, -0.2) is 4.98 Å².